The van der Waals surface area contributed by atoms with Crippen molar-refractivity contribution < 1.29 is 18.7 Å². The number of carbonyl (C=O) groups is 1. The molecule has 0 bridgehead atoms. The highest BCUT2D eigenvalue weighted by molar-refractivity contribution is 9.10. The summed E-state index contributed by atoms with van der Waals surface area (Å²) < 4.78 is 25.6. The first-order valence-corrected chi connectivity index (χ1v) is 5.52. The molecule has 0 aliphatic heterocycles. The largest absolute Gasteiger partial charge is 0.481 e. The molecule has 1 aromatic heterocycles. The Morgan fingerprint density at radius 2 is 2.25 bits per heavy atom. The van der Waals surface area contributed by atoms with Gasteiger partial charge in [-0.15, -0.1) is 11.6 Å². The van der Waals surface area contributed by atoms with Crippen LogP contribution in [0, 0.1) is 0 Å². The lowest BCUT2D eigenvalue weighted by molar-refractivity contribution is -0.136. The Morgan fingerprint density at radius 1 is 1.62 bits per heavy atom. The van der Waals surface area contributed by atoms with Crippen molar-refractivity contribution in [2.75, 3.05) is 0 Å². The quantitative estimate of drug-likeness (QED) is 0.869. The van der Waals surface area contributed by atoms with Crippen LogP contribution in [0.5, 0.6) is 0 Å². The molecule has 0 saturated carbocycles. The number of nitrogens with zero attached hydrogens (tertiary/aromatic N) is 1. The number of aromatic nitrogens is 1. The number of hydrogen-bond donors (Lipinski definition) is 1. The Kier molecular flexibility index (Phi) is 4.61. The number of pyridine rings is 1. The van der Waals surface area contributed by atoms with Gasteiger partial charge < -0.3 is 5.11 Å². The van der Waals surface area contributed by atoms with Gasteiger partial charge in [-0.2, -0.15) is 0 Å². The van der Waals surface area contributed by atoms with E-state index in [2.05, 4.69) is 20.9 Å². The van der Waals surface area contributed by atoms with Gasteiger partial charge in [0.15, 0.2) is 0 Å². The van der Waals surface area contributed by atoms with Gasteiger partial charge in [0.25, 0.3) is 6.43 Å². The Morgan fingerprint density at radius 3 is 2.69 bits per heavy atom. The van der Waals surface area contributed by atoms with Gasteiger partial charge in [-0.1, -0.05) is 15.9 Å². The van der Waals surface area contributed by atoms with Gasteiger partial charge in [-0.3, -0.25) is 9.78 Å². The zero-order valence-corrected chi connectivity index (χ0v) is 10.2. The predicted molar refractivity (Wildman–Crippen MR) is 57.8 cm³/mol. The average molecular weight is 315 g/mol. The van der Waals surface area contributed by atoms with Gasteiger partial charge in [-0.05, 0) is 6.07 Å². The molecular formula is C9H7BrClF2NO2. The van der Waals surface area contributed by atoms with Crippen LogP contribution in [0.1, 0.15) is 23.4 Å². The molecule has 3 nitrogen and oxygen atoms in total. The fourth-order valence-electron chi connectivity index (χ4n) is 1.17. The van der Waals surface area contributed by atoms with Crippen LogP contribution in [0.15, 0.2) is 10.5 Å². The molecule has 0 amide bonds. The summed E-state index contributed by atoms with van der Waals surface area (Å²) >= 11 is 8.59. The molecular weight excluding hydrogens is 307 g/mol. The molecule has 16 heavy (non-hydrogen) atoms. The van der Waals surface area contributed by atoms with E-state index in [1.807, 2.05) is 0 Å². The van der Waals surface area contributed by atoms with Crippen LogP contribution in [0.3, 0.4) is 0 Å². The summed E-state index contributed by atoms with van der Waals surface area (Å²) in [6, 6.07) is 1.39. The maximum absolute atomic E-state index is 12.6. The smallest absolute Gasteiger partial charge is 0.309 e. The van der Waals surface area contributed by atoms with E-state index < -0.39 is 24.5 Å². The Hall–Kier alpha value is -0.750. The van der Waals surface area contributed by atoms with Crippen molar-refractivity contribution in [3.8, 4) is 0 Å². The summed E-state index contributed by atoms with van der Waals surface area (Å²) in [5.41, 5.74) is -0.213. The topological polar surface area (TPSA) is 50.2 Å². The number of alkyl halides is 3. The van der Waals surface area contributed by atoms with Crippen molar-refractivity contribution >= 4 is 33.5 Å². The Labute approximate surface area is 104 Å². The maximum atomic E-state index is 12.6. The van der Waals surface area contributed by atoms with Crippen LogP contribution in [0.25, 0.3) is 0 Å². The standard InChI is InChI=1S/C9H7BrClF2NO2/c10-6-1-4(2-7(15)16)14-8(9(12)13)5(6)3-11/h1,9H,2-3H2,(H,15,16). The SMILES string of the molecule is O=C(O)Cc1cc(Br)c(CCl)c(C(F)F)n1. The van der Waals surface area contributed by atoms with E-state index in [1.165, 1.54) is 6.07 Å². The molecule has 0 aromatic carbocycles. The molecule has 0 aliphatic rings. The summed E-state index contributed by atoms with van der Waals surface area (Å²) in [6.45, 7) is 0. The third-order valence-electron chi connectivity index (χ3n) is 1.83. The fraction of sp³-hybridized carbons (Fsp3) is 0.333. The zero-order valence-electron chi connectivity index (χ0n) is 7.88. The molecule has 0 spiro atoms. The first kappa shape index (κ1) is 13.3. The molecule has 88 valence electrons. The van der Waals surface area contributed by atoms with E-state index in [1.54, 1.807) is 0 Å². The second-order valence-electron chi connectivity index (χ2n) is 2.96. The molecule has 1 rings (SSSR count). The second-order valence-corrected chi connectivity index (χ2v) is 4.09. The van der Waals surface area contributed by atoms with Crippen LogP contribution in [0.4, 0.5) is 8.78 Å². The summed E-state index contributed by atoms with van der Waals surface area (Å²) in [5.74, 6) is -1.24. The minimum atomic E-state index is -2.78. The normalized spacial score (nSPS) is 10.8. The molecule has 0 atom stereocenters. The van der Waals surface area contributed by atoms with Crippen molar-refractivity contribution in [2.24, 2.45) is 0 Å². The van der Waals surface area contributed by atoms with Crippen LogP contribution < -0.4 is 0 Å². The highest BCUT2D eigenvalue weighted by atomic mass is 79.9. The van der Waals surface area contributed by atoms with E-state index in [9.17, 15) is 13.6 Å². The summed E-state index contributed by atoms with van der Waals surface area (Å²) in [7, 11) is 0. The van der Waals surface area contributed by atoms with E-state index in [-0.39, 0.29) is 17.1 Å². The first-order valence-electron chi connectivity index (χ1n) is 4.19. The average Bonchev–Trinajstić information content (AvgIpc) is 2.15. The van der Waals surface area contributed by atoms with Crippen LogP contribution in [-0.4, -0.2) is 16.1 Å². The lowest BCUT2D eigenvalue weighted by atomic mass is 10.1. The van der Waals surface area contributed by atoms with Crippen LogP contribution in [-0.2, 0) is 17.1 Å². The van der Waals surface area contributed by atoms with Crippen molar-refractivity contribution in [3.63, 3.8) is 0 Å². The molecule has 0 radical (unpaired) electrons. The monoisotopic (exact) mass is 313 g/mol. The maximum Gasteiger partial charge on any atom is 0.309 e. The lowest BCUT2D eigenvalue weighted by Crippen LogP contribution is -2.07. The van der Waals surface area contributed by atoms with Crippen LogP contribution in [0.2, 0.25) is 0 Å². The molecule has 0 unspecified atom stereocenters. The van der Waals surface area contributed by atoms with E-state index in [4.69, 9.17) is 16.7 Å². The molecule has 1 heterocycles. The van der Waals surface area contributed by atoms with Crippen molar-refractivity contribution in [1.29, 1.82) is 0 Å². The molecule has 7 heteroatoms. The van der Waals surface area contributed by atoms with Crippen molar-refractivity contribution in [3.05, 3.63) is 27.5 Å². The minimum absolute atomic E-state index is 0.0727. The van der Waals surface area contributed by atoms with Gasteiger partial charge in [-0.25, -0.2) is 8.78 Å². The number of hydrogen-bond acceptors (Lipinski definition) is 2. The number of carboxylic acid groups (broad SMARTS) is 1. The second kappa shape index (κ2) is 5.54. The molecule has 0 saturated heterocycles. The molecule has 0 fully saturated rings. The summed E-state index contributed by atoms with van der Waals surface area (Å²) in [4.78, 5) is 14.0. The van der Waals surface area contributed by atoms with Crippen LogP contribution >= 0.6 is 27.5 Å². The van der Waals surface area contributed by atoms with Gasteiger partial charge >= 0.3 is 5.97 Å². The molecule has 0 aliphatic carbocycles. The number of carboxylic acids is 1. The van der Waals surface area contributed by atoms with Gasteiger partial charge in [0.2, 0.25) is 0 Å². The molecule has 1 N–H and O–H groups in total. The Balaban J connectivity index is 3.22. The lowest BCUT2D eigenvalue weighted by Gasteiger charge is -2.09. The van der Waals surface area contributed by atoms with Crippen molar-refractivity contribution in [1.82, 2.24) is 4.98 Å². The van der Waals surface area contributed by atoms with Gasteiger partial charge in [0.05, 0.1) is 18.0 Å². The number of halogens is 4. The third kappa shape index (κ3) is 3.12. The van der Waals surface area contributed by atoms with E-state index in [0.29, 0.717) is 4.47 Å². The van der Waals surface area contributed by atoms with Crippen molar-refractivity contribution in [2.45, 2.75) is 18.7 Å². The zero-order chi connectivity index (χ0) is 12.3. The van der Waals surface area contributed by atoms with Gasteiger partial charge in [0, 0.05) is 10.0 Å². The number of rotatable bonds is 4. The Bertz CT molecular complexity index is 415. The summed E-state index contributed by atoms with van der Waals surface area (Å²) in [6.07, 6.45) is -3.18. The highest BCUT2D eigenvalue weighted by Crippen LogP contribution is 2.29. The van der Waals surface area contributed by atoms with E-state index in [0.717, 1.165) is 0 Å². The number of aliphatic carboxylic acids is 1. The fourth-order valence-corrected chi connectivity index (χ4v) is 2.22. The third-order valence-corrected chi connectivity index (χ3v) is 2.80. The minimum Gasteiger partial charge on any atom is -0.481 e. The highest BCUT2D eigenvalue weighted by Gasteiger charge is 2.19. The van der Waals surface area contributed by atoms with Gasteiger partial charge in [0.1, 0.15) is 5.69 Å². The first-order chi connectivity index (χ1) is 7.45. The van der Waals surface area contributed by atoms with E-state index >= 15 is 0 Å². The molecule has 1 aromatic rings. The predicted octanol–water partition coefficient (Wildman–Crippen LogP) is 3.15. The summed E-state index contributed by atoms with van der Waals surface area (Å²) in [5, 5.41) is 8.54.